The van der Waals surface area contributed by atoms with E-state index in [1.165, 1.54) is 5.69 Å². The lowest BCUT2D eigenvalue weighted by Gasteiger charge is -2.33. The van der Waals surface area contributed by atoms with Gasteiger partial charge in [-0.2, -0.15) is 0 Å². The fourth-order valence-corrected chi connectivity index (χ4v) is 4.13. The molecule has 1 amide bonds. The van der Waals surface area contributed by atoms with Gasteiger partial charge in [0.1, 0.15) is 12.4 Å². The summed E-state index contributed by atoms with van der Waals surface area (Å²) in [5.41, 5.74) is 4.21. The van der Waals surface area contributed by atoms with Crippen LogP contribution >= 0.6 is 0 Å². The van der Waals surface area contributed by atoms with Gasteiger partial charge in [-0.15, -0.1) is 0 Å². The first-order chi connectivity index (χ1) is 16.2. The van der Waals surface area contributed by atoms with Crippen molar-refractivity contribution < 1.29 is 14.3 Å². The Kier molecular flexibility index (Phi) is 7.99. The summed E-state index contributed by atoms with van der Waals surface area (Å²) in [7, 11) is 1.78. The number of hydrogen-bond acceptors (Lipinski definition) is 4. The molecule has 1 atom stereocenters. The molecule has 0 saturated carbocycles. The van der Waals surface area contributed by atoms with Crippen LogP contribution in [0.2, 0.25) is 0 Å². The molecular formula is C28H32N2O3. The predicted octanol–water partition coefficient (Wildman–Crippen LogP) is 5.45. The van der Waals surface area contributed by atoms with E-state index in [1.807, 2.05) is 66.7 Å². The molecule has 172 valence electrons. The first-order valence-electron chi connectivity index (χ1n) is 11.6. The van der Waals surface area contributed by atoms with Crippen molar-refractivity contribution in [2.75, 3.05) is 30.4 Å². The topological polar surface area (TPSA) is 50.8 Å². The van der Waals surface area contributed by atoms with Crippen LogP contribution in [0.15, 0.2) is 78.9 Å². The van der Waals surface area contributed by atoms with Gasteiger partial charge >= 0.3 is 0 Å². The summed E-state index contributed by atoms with van der Waals surface area (Å²) < 4.78 is 11.4. The average Bonchev–Trinajstić information content (AvgIpc) is 2.87. The maximum absolute atomic E-state index is 12.5. The van der Waals surface area contributed by atoms with E-state index in [0.717, 1.165) is 48.5 Å². The second kappa shape index (κ2) is 11.5. The Labute approximate surface area is 196 Å². The van der Waals surface area contributed by atoms with Crippen molar-refractivity contribution in [3.05, 3.63) is 90.0 Å². The Balaban J connectivity index is 1.24. The summed E-state index contributed by atoms with van der Waals surface area (Å²) in [5.74, 6) is 0.830. The van der Waals surface area contributed by atoms with E-state index < -0.39 is 0 Å². The molecule has 1 saturated heterocycles. The summed E-state index contributed by atoms with van der Waals surface area (Å²) in [6, 6.07) is 26.2. The summed E-state index contributed by atoms with van der Waals surface area (Å²) >= 11 is 0. The Bertz CT molecular complexity index is 1020. The normalized spacial score (nSPS) is 15.8. The third-order valence-electron chi connectivity index (χ3n) is 6.02. The molecule has 0 aliphatic carbocycles. The maximum Gasteiger partial charge on any atom is 0.224 e. The van der Waals surface area contributed by atoms with Crippen LogP contribution in [0.5, 0.6) is 5.75 Å². The molecule has 1 N–H and O–H groups in total. The lowest BCUT2D eigenvalue weighted by Crippen LogP contribution is -2.39. The highest BCUT2D eigenvalue weighted by molar-refractivity contribution is 5.91. The van der Waals surface area contributed by atoms with Crippen molar-refractivity contribution in [3.63, 3.8) is 0 Å². The molecule has 1 heterocycles. The standard InChI is InChI=1S/C28H32N2O3/c1-32-27-11-6-18-30(20-27)25-15-13-24(14-16-25)29-28(31)17-12-22-9-5-10-26(19-22)33-21-23-7-3-2-4-8-23/h2-5,7-10,13-16,19,27H,6,11-12,17-18,20-21H2,1H3,(H,29,31). The Morgan fingerprint density at radius 3 is 2.58 bits per heavy atom. The van der Waals surface area contributed by atoms with Gasteiger partial charge in [0, 0.05) is 38.0 Å². The highest BCUT2D eigenvalue weighted by atomic mass is 16.5. The van der Waals surface area contributed by atoms with Crippen LogP contribution in [0.25, 0.3) is 0 Å². The van der Waals surface area contributed by atoms with Crippen molar-refractivity contribution in [2.24, 2.45) is 0 Å². The quantitative estimate of drug-likeness (QED) is 0.477. The molecule has 33 heavy (non-hydrogen) atoms. The Morgan fingerprint density at radius 2 is 1.79 bits per heavy atom. The number of nitrogens with one attached hydrogen (secondary N) is 1. The van der Waals surface area contributed by atoms with Crippen LogP contribution in [0.4, 0.5) is 11.4 Å². The van der Waals surface area contributed by atoms with Crippen LogP contribution in [-0.2, 0) is 22.6 Å². The molecule has 0 bridgehead atoms. The second-order valence-corrected chi connectivity index (χ2v) is 8.46. The van der Waals surface area contributed by atoms with Crippen LogP contribution in [0.1, 0.15) is 30.4 Å². The molecule has 3 aromatic carbocycles. The van der Waals surface area contributed by atoms with Crippen LogP contribution in [0, 0.1) is 0 Å². The molecule has 3 aromatic rings. The fourth-order valence-electron chi connectivity index (χ4n) is 4.13. The van der Waals surface area contributed by atoms with Crippen molar-refractivity contribution in [3.8, 4) is 5.75 Å². The lowest BCUT2D eigenvalue weighted by molar-refractivity contribution is -0.116. The smallest absolute Gasteiger partial charge is 0.224 e. The fraction of sp³-hybridized carbons (Fsp3) is 0.321. The van der Waals surface area contributed by atoms with Gasteiger partial charge in [-0.25, -0.2) is 0 Å². The van der Waals surface area contributed by atoms with E-state index in [4.69, 9.17) is 9.47 Å². The van der Waals surface area contributed by atoms with Gasteiger partial charge in [-0.1, -0.05) is 42.5 Å². The lowest BCUT2D eigenvalue weighted by atomic mass is 10.1. The number of rotatable bonds is 9. The van der Waals surface area contributed by atoms with Gasteiger partial charge in [0.2, 0.25) is 5.91 Å². The second-order valence-electron chi connectivity index (χ2n) is 8.46. The third-order valence-corrected chi connectivity index (χ3v) is 6.02. The summed E-state index contributed by atoms with van der Waals surface area (Å²) in [4.78, 5) is 14.8. The number of amides is 1. The van der Waals surface area contributed by atoms with Crippen molar-refractivity contribution in [1.82, 2.24) is 0 Å². The maximum atomic E-state index is 12.5. The molecule has 0 aromatic heterocycles. The van der Waals surface area contributed by atoms with E-state index in [-0.39, 0.29) is 5.91 Å². The molecule has 0 radical (unpaired) electrons. The number of anilines is 2. The largest absolute Gasteiger partial charge is 0.489 e. The SMILES string of the molecule is COC1CCCN(c2ccc(NC(=O)CCc3cccc(OCc4ccccc4)c3)cc2)C1. The monoisotopic (exact) mass is 444 g/mol. The van der Waals surface area contributed by atoms with Crippen LogP contribution in [-0.4, -0.2) is 32.2 Å². The highest BCUT2D eigenvalue weighted by Gasteiger charge is 2.19. The number of ether oxygens (including phenoxy) is 2. The molecule has 5 nitrogen and oxygen atoms in total. The minimum absolute atomic E-state index is 0.00998. The van der Waals surface area contributed by atoms with Gasteiger partial charge in [-0.05, 0) is 66.8 Å². The van der Waals surface area contributed by atoms with E-state index in [1.54, 1.807) is 7.11 Å². The Hall–Kier alpha value is -3.31. The van der Waals surface area contributed by atoms with Gasteiger partial charge in [0.15, 0.2) is 0 Å². The van der Waals surface area contributed by atoms with Crippen molar-refractivity contribution in [2.45, 2.75) is 38.4 Å². The zero-order valence-electron chi connectivity index (χ0n) is 19.2. The molecule has 0 spiro atoms. The number of carbonyl (C=O) groups excluding carboxylic acids is 1. The summed E-state index contributed by atoms with van der Waals surface area (Å²) in [6.45, 7) is 2.49. The molecule has 1 aliphatic heterocycles. The predicted molar refractivity (Wildman–Crippen MR) is 133 cm³/mol. The van der Waals surface area contributed by atoms with Gasteiger partial charge in [-0.3, -0.25) is 4.79 Å². The number of methoxy groups -OCH3 is 1. The minimum atomic E-state index is 0.00998. The molecule has 1 fully saturated rings. The van der Waals surface area contributed by atoms with E-state index in [9.17, 15) is 4.79 Å². The van der Waals surface area contributed by atoms with E-state index in [2.05, 4.69) is 22.3 Å². The third kappa shape index (κ3) is 6.83. The number of aryl methyl sites for hydroxylation is 1. The zero-order valence-corrected chi connectivity index (χ0v) is 19.2. The number of carbonyl (C=O) groups is 1. The van der Waals surface area contributed by atoms with Crippen molar-refractivity contribution in [1.29, 1.82) is 0 Å². The number of hydrogen-bond donors (Lipinski definition) is 1. The number of piperidine rings is 1. The summed E-state index contributed by atoms with van der Waals surface area (Å²) in [6.07, 6.45) is 3.63. The van der Waals surface area contributed by atoms with E-state index >= 15 is 0 Å². The van der Waals surface area contributed by atoms with Crippen LogP contribution in [0.3, 0.4) is 0 Å². The Morgan fingerprint density at radius 1 is 1.00 bits per heavy atom. The van der Waals surface area contributed by atoms with Crippen LogP contribution < -0.4 is 15.0 Å². The molecule has 1 unspecified atom stereocenters. The van der Waals surface area contributed by atoms with Gasteiger partial charge in [0.25, 0.3) is 0 Å². The first kappa shape index (κ1) is 22.9. The molecular weight excluding hydrogens is 412 g/mol. The minimum Gasteiger partial charge on any atom is -0.489 e. The first-order valence-corrected chi connectivity index (χ1v) is 11.6. The highest BCUT2D eigenvalue weighted by Crippen LogP contribution is 2.23. The molecule has 5 heteroatoms. The molecule has 4 rings (SSSR count). The van der Waals surface area contributed by atoms with E-state index in [0.29, 0.717) is 25.6 Å². The van der Waals surface area contributed by atoms with Gasteiger partial charge in [0.05, 0.1) is 6.10 Å². The number of nitrogens with zero attached hydrogens (tertiary/aromatic N) is 1. The molecule has 1 aliphatic rings. The van der Waals surface area contributed by atoms with Crippen molar-refractivity contribution >= 4 is 17.3 Å². The van der Waals surface area contributed by atoms with Gasteiger partial charge < -0.3 is 19.7 Å². The summed E-state index contributed by atoms with van der Waals surface area (Å²) in [5, 5.41) is 3.01. The average molecular weight is 445 g/mol. The number of benzene rings is 3. The zero-order chi connectivity index (χ0) is 22.9.